The molecule has 0 aromatic heterocycles. The van der Waals surface area contributed by atoms with E-state index in [9.17, 15) is 4.79 Å². The number of carbonyl (C=O) groups is 1. The molecule has 0 aliphatic carbocycles. The van der Waals surface area contributed by atoms with Gasteiger partial charge in [0.25, 0.3) is 0 Å². The Bertz CT molecular complexity index is 301. The maximum Gasteiger partial charge on any atom is 0.410 e. The molecule has 1 aliphatic heterocycles. The smallest absolute Gasteiger partial charge is 0.410 e. The Morgan fingerprint density at radius 1 is 1.59 bits per heavy atom. The van der Waals surface area contributed by atoms with E-state index >= 15 is 0 Å². The van der Waals surface area contributed by atoms with Gasteiger partial charge in [-0.25, -0.2) is 4.79 Å². The zero-order chi connectivity index (χ0) is 13.1. The first-order chi connectivity index (χ1) is 7.87. The summed E-state index contributed by atoms with van der Waals surface area (Å²) in [6.07, 6.45) is 2.20. The zero-order valence-corrected chi connectivity index (χ0v) is 10.8. The minimum absolute atomic E-state index is 0.150. The fourth-order valence-corrected chi connectivity index (χ4v) is 1.77. The summed E-state index contributed by atoms with van der Waals surface area (Å²) in [6, 6.07) is 0.150. The van der Waals surface area contributed by atoms with Crippen molar-refractivity contribution in [1.29, 1.82) is 0 Å². The molecule has 1 unspecified atom stereocenters. The third kappa shape index (κ3) is 3.76. The fraction of sp³-hybridized carbons (Fsp3) is 0.667. The Balaban J connectivity index is 2.53. The summed E-state index contributed by atoms with van der Waals surface area (Å²) in [4.78, 5) is 13.5. The Kier molecular flexibility index (Phi) is 4.15. The first-order valence-corrected chi connectivity index (χ1v) is 5.73. The summed E-state index contributed by atoms with van der Waals surface area (Å²) in [5.74, 6) is 0. The Labute approximate surface area is 103 Å². The van der Waals surface area contributed by atoms with Crippen LogP contribution in [0.4, 0.5) is 4.79 Å². The molecule has 0 bridgehead atoms. The molecule has 1 aliphatic rings. The van der Waals surface area contributed by atoms with E-state index < -0.39 is 5.60 Å². The molecule has 1 atom stereocenters. The Morgan fingerprint density at radius 2 is 2.24 bits per heavy atom. The van der Waals surface area contributed by atoms with Gasteiger partial charge in [0.1, 0.15) is 5.60 Å². The van der Waals surface area contributed by atoms with Crippen molar-refractivity contribution in [3.8, 4) is 0 Å². The number of likely N-dealkylation sites (tertiary alicyclic amines) is 1. The van der Waals surface area contributed by atoms with Crippen molar-refractivity contribution in [3.63, 3.8) is 0 Å². The van der Waals surface area contributed by atoms with Gasteiger partial charge in [0.15, 0.2) is 0 Å². The average molecular weight is 239 g/mol. The highest BCUT2D eigenvalue weighted by atomic mass is 16.6. The minimum Gasteiger partial charge on any atom is -0.444 e. The van der Waals surface area contributed by atoms with Crippen LogP contribution in [0.25, 0.3) is 0 Å². The third-order valence-corrected chi connectivity index (χ3v) is 2.54. The predicted octanol–water partition coefficient (Wildman–Crippen LogP) is 2.06. The van der Waals surface area contributed by atoms with Crippen LogP contribution in [-0.2, 0) is 4.74 Å². The van der Waals surface area contributed by atoms with E-state index in [0.717, 1.165) is 6.42 Å². The van der Waals surface area contributed by atoms with Crippen molar-refractivity contribution < 1.29 is 9.53 Å². The van der Waals surface area contributed by atoms with E-state index in [4.69, 9.17) is 4.74 Å². The molecule has 5 heteroatoms. The van der Waals surface area contributed by atoms with Gasteiger partial charge < -0.3 is 9.64 Å². The quantitative estimate of drug-likeness (QED) is 0.559. The van der Waals surface area contributed by atoms with E-state index in [2.05, 4.69) is 18.4 Å². The molecule has 1 rings (SSSR count). The van der Waals surface area contributed by atoms with E-state index in [-0.39, 0.29) is 12.1 Å². The van der Waals surface area contributed by atoms with Gasteiger partial charge in [-0.05, 0) is 27.2 Å². The lowest BCUT2D eigenvalue weighted by atomic mass is 10.2. The molecule has 1 heterocycles. The van der Waals surface area contributed by atoms with Crippen molar-refractivity contribution in [3.05, 3.63) is 12.8 Å². The molecule has 0 saturated carbocycles. The number of ether oxygens (including phenoxy) is 1. The summed E-state index contributed by atoms with van der Waals surface area (Å²) in [6.45, 7) is 14.0. The molecule has 0 N–H and O–H groups in total. The normalized spacial score (nSPS) is 19.9. The average Bonchev–Trinajstić information content (AvgIpc) is 2.66. The summed E-state index contributed by atoms with van der Waals surface area (Å²) in [5.41, 5.74) is -0.454. The number of rotatable bonds is 3. The summed E-state index contributed by atoms with van der Waals surface area (Å²) in [5, 5.41) is 5.53. The number of hydrogen-bond donors (Lipinski definition) is 0. The second kappa shape index (κ2) is 5.21. The molecule has 0 aromatic rings. The SMILES string of the molecule is C=CN(N=C)C1CCN(C(=O)OC(C)(C)C)C1. The standard InChI is InChI=1S/C12H21N3O2/c1-6-15(13-5)10-7-8-14(9-10)11(16)17-12(2,3)4/h6,10H,1,5,7-9H2,2-4H3. The molecule has 5 nitrogen and oxygen atoms in total. The monoisotopic (exact) mass is 239 g/mol. The van der Waals surface area contributed by atoms with Gasteiger partial charge in [0, 0.05) is 26.0 Å². The van der Waals surface area contributed by atoms with Crippen LogP contribution >= 0.6 is 0 Å². The number of amides is 1. The van der Waals surface area contributed by atoms with Crippen LogP contribution in [0.15, 0.2) is 17.9 Å². The van der Waals surface area contributed by atoms with Crippen LogP contribution in [-0.4, -0.2) is 47.5 Å². The van der Waals surface area contributed by atoms with Crippen molar-refractivity contribution >= 4 is 12.8 Å². The second-order valence-corrected chi connectivity index (χ2v) is 5.07. The van der Waals surface area contributed by atoms with Crippen LogP contribution < -0.4 is 0 Å². The van der Waals surface area contributed by atoms with Gasteiger partial charge in [-0.2, -0.15) is 5.10 Å². The summed E-state index contributed by atoms with van der Waals surface area (Å²) in [7, 11) is 0. The van der Waals surface area contributed by atoms with Crippen molar-refractivity contribution in [2.75, 3.05) is 13.1 Å². The van der Waals surface area contributed by atoms with Crippen LogP contribution in [0.3, 0.4) is 0 Å². The highest BCUT2D eigenvalue weighted by molar-refractivity contribution is 5.68. The molecule has 0 aromatic carbocycles. The van der Waals surface area contributed by atoms with Gasteiger partial charge in [-0.3, -0.25) is 5.01 Å². The zero-order valence-electron chi connectivity index (χ0n) is 10.8. The summed E-state index contributed by atoms with van der Waals surface area (Å²) < 4.78 is 5.31. The molecular weight excluding hydrogens is 218 g/mol. The minimum atomic E-state index is -0.454. The molecule has 1 amide bonds. The Hall–Kier alpha value is -1.52. The molecule has 0 spiro atoms. The van der Waals surface area contributed by atoms with Gasteiger partial charge >= 0.3 is 6.09 Å². The number of nitrogens with zero attached hydrogens (tertiary/aromatic N) is 3. The van der Waals surface area contributed by atoms with Crippen LogP contribution in [0, 0.1) is 0 Å². The second-order valence-electron chi connectivity index (χ2n) is 5.07. The topological polar surface area (TPSA) is 45.1 Å². The van der Waals surface area contributed by atoms with E-state index in [1.807, 2.05) is 20.8 Å². The maximum absolute atomic E-state index is 11.8. The van der Waals surface area contributed by atoms with Gasteiger partial charge in [-0.15, -0.1) is 0 Å². The molecule has 96 valence electrons. The largest absolute Gasteiger partial charge is 0.444 e. The first kappa shape index (κ1) is 13.5. The fourth-order valence-electron chi connectivity index (χ4n) is 1.77. The highest BCUT2D eigenvalue weighted by Crippen LogP contribution is 2.19. The van der Waals surface area contributed by atoms with Crippen molar-refractivity contribution in [1.82, 2.24) is 9.91 Å². The predicted molar refractivity (Wildman–Crippen MR) is 67.8 cm³/mol. The van der Waals surface area contributed by atoms with Crippen LogP contribution in [0.5, 0.6) is 0 Å². The van der Waals surface area contributed by atoms with Crippen molar-refractivity contribution in [2.24, 2.45) is 5.10 Å². The number of hydrazone groups is 1. The number of carbonyl (C=O) groups excluding carboxylic acids is 1. The first-order valence-electron chi connectivity index (χ1n) is 5.73. The van der Waals surface area contributed by atoms with Crippen molar-refractivity contribution in [2.45, 2.75) is 38.8 Å². The number of hydrogen-bond acceptors (Lipinski definition) is 4. The lowest BCUT2D eigenvalue weighted by Gasteiger charge is -2.25. The molecular formula is C12H21N3O2. The Morgan fingerprint density at radius 3 is 2.71 bits per heavy atom. The van der Waals surface area contributed by atoms with Crippen LogP contribution in [0.2, 0.25) is 0 Å². The van der Waals surface area contributed by atoms with E-state index in [1.165, 1.54) is 0 Å². The maximum atomic E-state index is 11.8. The molecule has 1 fully saturated rings. The lowest BCUT2D eigenvalue weighted by Crippen LogP contribution is -2.37. The lowest BCUT2D eigenvalue weighted by molar-refractivity contribution is 0.0284. The molecule has 0 radical (unpaired) electrons. The van der Waals surface area contributed by atoms with E-state index in [1.54, 1.807) is 16.1 Å². The highest BCUT2D eigenvalue weighted by Gasteiger charge is 2.31. The van der Waals surface area contributed by atoms with E-state index in [0.29, 0.717) is 13.1 Å². The van der Waals surface area contributed by atoms with Gasteiger partial charge in [-0.1, -0.05) is 6.58 Å². The molecule has 1 saturated heterocycles. The summed E-state index contributed by atoms with van der Waals surface area (Å²) >= 11 is 0. The van der Waals surface area contributed by atoms with Gasteiger partial charge in [0.05, 0.1) is 6.04 Å². The van der Waals surface area contributed by atoms with Gasteiger partial charge in [0.2, 0.25) is 0 Å². The van der Waals surface area contributed by atoms with Crippen LogP contribution in [0.1, 0.15) is 27.2 Å². The third-order valence-electron chi connectivity index (χ3n) is 2.54. The molecule has 17 heavy (non-hydrogen) atoms.